The molecule has 31 heavy (non-hydrogen) atoms. The third-order valence-corrected chi connectivity index (χ3v) is 6.59. The van der Waals surface area contributed by atoms with Gasteiger partial charge < -0.3 is 15.0 Å². The van der Waals surface area contributed by atoms with Gasteiger partial charge >= 0.3 is 5.97 Å². The van der Waals surface area contributed by atoms with Crippen molar-refractivity contribution in [3.05, 3.63) is 34.9 Å². The van der Waals surface area contributed by atoms with Gasteiger partial charge in [-0.25, -0.2) is 0 Å². The quantitative estimate of drug-likeness (QED) is 0.246. The number of rotatable bonds is 6. The zero-order valence-corrected chi connectivity index (χ0v) is 21.8. The molecular weight excluding hydrogens is 527 g/mol. The fourth-order valence-electron chi connectivity index (χ4n) is 4.33. The van der Waals surface area contributed by atoms with Crippen molar-refractivity contribution >= 4 is 47.5 Å². The summed E-state index contributed by atoms with van der Waals surface area (Å²) in [5.41, 5.74) is 1.21. The fourth-order valence-corrected chi connectivity index (χ4v) is 4.53. The molecule has 1 aromatic carbocycles. The van der Waals surface area contributed by atoms with Crippen LogP contribution in [0.15, 0.2) is 29.3 Å². The standard InChI is InChI=1S/C23H35ClN4O2.HI/c1-3-25-23(28-14-10-19(11-15-28)22(29)30-2)26-16-18-8-12-27(13-9-18)17-20-6-4-5-7-21(20)24;/h4-7,18-19H,3,8-17H2,1-2H3,(H,25,26);1H. The maximum absolute atomic E-state index is 11.8. The molecule has 174 valence electrons. The highest BCUT2D eigenvalue weighted by Gasteiger charge is 2.27. The minimum Gasteiger partial charge on any atom is -0.469 e. The molecule has 0 radical (unpaired) electrons. The number of esters is 1. The number of carbonyl (C=O) groups is 1. The third kappa shape index (κ3) is 7.79. The van der Waals surface area contributed by atoms with Crippen LogP contribution < -0.4 is 5.32 Å². The van der Waals surface area contributed by atoms with Gasteiger partial charge in [-0.05, 0) is 63.2 Å². The number of likely N-dealkylation sites (tertiary alicyclic amines) is 2. The van der Waals surface area contributed by atoms with Gasteiger partial charge in [0.05, 0.1) is 13.0 Å². The van der Waals surface area contributed by atoms with Gasteiger partial charge in [-0.2, -0.15) is 0 Å². The first-order chi connectivity index (χ1) is 14.6. The predicted octanol–water partition coefficient (Wildman–Crippen LogP) is 4.02. The number of guanidine groups is 1. The largest absolute Gasteiger partial charge is 0.469 e. The fraction of sp³-hybridized carbons (Fsp3) is 0.652. The first-order valence-corrected chi connectivity index (χ1v) is 11.5. The minimum atomic E-state index is -0.0832. The Kier molecular flexibility index (Phi) is 11.4. The molecule has 2 heterocycles. The predicted molar refractivity (Wildman–Crippen MR) is 137 cm³/mol. The van der Waals surface area contributed by atoms with Gasteiger partial charge in [0, 0.05) is 37.7 Å². The average molecular weight is 563 g/mol. The van der Waals surface area contributed by atoms with Gasteiger partial charge in [0.15, 0.2) is 5.96 Å². The minimum absolute atomic E-state index is 0. The smallest absolute Gasteiger partial charge is 0.308 e. The number of nitrogens with one attached hydrogen (secondary N) is 1. The monoisotopic (exact) mass is 562 g/mol. The maximum Gasteiger partial charge on any atom is 0.308 e. The third-order valence-electron chi connectivity index (χ3n) is 6.22. The van der Waals surface area contributed by atoms with E-state index in [1.807, 2.05) is 12.1 Å². The van der Waals surface area contributed by atoms with Gasteiger partial charge in [0.25, 0.3) is 0 Å². The molecule has 2 aliphatic rings. The zero-order chi connectivity index (χ0) is 21.3. The summed E-state index contributed by atoms with van der Waals surface area (Å²) >= 11 is 6.31. The lowest BCUT2D eigenvalue weighted by atomic mass is 9.96. The van der Waals surface area contributed by atoms with Crippen molar-refractivity contribution in [3.63, 3.8) is 0 Å². The van der Waals surface area contributed by atoms with E-state index < -0.39 is 0 Å². The molecule has 2 saturated heterocycles. The lowest BCUT2D eigenvalue weighted by Crippen LogP contribution is -2.47. The molecule has 6 nitrogen and oxygen atoms in total. The molecule has 2 fully saturated rings. The summed E-state index contributed by atoms with van der Waals surface area (Å²) in [6.07, 6.45) is 3.99. The molecule has 2 aliphatic heterocycles. The molecule has 0 spiro atoms. The van der Waals surface area contributed by atoms with Gasteiger partial charge in [-0.15, -0.1) is 24.0 Å². The number of hydrogen-bond donors (Lipinski definition) is 1. The van der Waals surface area contributed by atoms with Crippen LogP contribution in [0.5, 0.6) is 0 Å². The van der Waals surface area contributed by atoms with E-state index in [-0.39, 0.29) is 35.9 Å². The van der Waals surface area contributed by atoms with Crippen molar-refractivity contribution in [2.75, 3.05) is 46.4 Å². The van der Waals surface area contributed by atoms with E-state index in [1.165, 1.54) is 12.7 Å². The van der Waals surface area contributed by atoms with E-state index in [1.54, 1.807) is 0 Å². The van der Waals surface area contributed by atoms with E-state index in [0.717, 1.165) is 82.5 Å². The summed E-state index contributed by atoms with van der Waals surface area (Å²) in [7, 11) is 1.47. The van der Waals surface area contributed by atoms with E-state index in [0.29, 0.717) is 5.92 Å². The van der Waals surface area contributed by atoms with Crippen LogP contribution in [0.25, 0.3) is 0 Å². The van der Waals surface area contributed by atoms with Crippen LogP contribution in [0.2, 0.25) is 5.02 Å². The molecule has 0 atom stereocenters. The highest BCUT2D eigenvalue weighted by atomic mass is 127. The van der Waals surface area contributed by atoms with Crippen LogP contribution in [-0.2, 0) is 16.1 Å². The maximum atomic E-state index is 11.8. The normalized spacial score (nSPS) is 19.1. The molecule has 0 aliphatic carbocycles. The van der Waals surface area contributed by atoms with Crippen LogP contribution in [-0.4, -0.2) is 68.1 Å². The van der Waals surface area contributed by atoms with E-state index in [2.05, 4.69) is 34.2 Å². The van der Waals surface area contributed by atoms with Crippen molar-refractivity contribution in [1.29, 1.82) is 0 Å². The van der Waals surface area contributed by atoms with Crippen molar-refractivity contribution in [1.82, 2.24) is 15.1 Å². The Balaban J connectivity index is 0.00000341. The first kappa shape index (κ1) is 26.2. The molecule has 0 bridgehead atoms. The lowest BCUT2D eigenvalue weighted by molar-refractivity contribution is -0.146. The van der Waals surface area contributed by atoms with Crippen molar-refractivity contribution in [2.24, 2.45) is 16.8 Å². The van der Waals surface area contributed by atoms with Gasteiger partial charge in [0.2, 0.25) is 0 Å². The molecule has 1 N–H and O–H groups in total. The van der Waals surface area contributed by atoms with Crippen LogP contribution in [0.1, 0.15) is 38.2 Å². The number of carbonyl (C=O) groups excluding carboxylic acids is 1. The number of hydrogen-bond acceptors (Lipinski definition) is 4. The Morgan fingerprint density at radius 1 is 1.16 bits per heavy atom. The number of nitrogens with zero attached hydrogens (tertiary/aromatic N) is 3. The molecule has 0 saturated carbocycles. The molecule has 0 unspecified atom stereocenters. The highest BCUT2D eigenvalue weighted by molar-refractivity contribution is 14.0. The molecule has 0 aromatic heterocycles. The molecular formula is C23H36ClIN4O2. The Bertz CT molecular complexity index is 717. The summed E-state index contributed by atoms with van der Waals surface area (Å²) in [6.45, 7) is 8.62. The lowest BCUT2D eigenvalue weighted by Gasteiger charge is -2.34. The number of piperidine rings is 2. The second-order valence-electron chi connectivity index (χ2n) is 8.29. The highest BCUT2D eigenvalue weighted by Crippen LogP contribution is 2.23. The summed E-state index contributed by atoms with van der Waals surface area (Å²) in [4.78, 5) is 21.5. The van der Waals surface area contributed by atoms with Crippen molar-refractivity contribution in [2.45, 2.75) is 39.2 Å². The van der Waals surface area contributed by atoms with Gasteiger partial charge in [0.1, 0.15) is 0 Å². The van der Waals surface area contributed by atoms with E-state index in [9.17, 15) is 4.79 Å². The number of halogens is 2. The average Bonchev–Trinajstić information content (AvgIpc) is 2.79. The number of ether oxygens (including phenoxy) is 1. The number of benzene rings is 1. The Morgan fingerprint density at radius 3 is 2.45 bits per heavy atom. The summed E-state index contributed by atoms with van der Waals surface area (Å²) < 4.78 is 4.90. The Labute approximate surface area is 208 Å². The summed E-state index contributed by atoms with van der Waals surface area (Å²) in [5, 5.41) is 4.29. The Hall–Kier alpha value is -1.06. The molecule has 8 heteroatoms. The number of methoxy groups -OCH3 is 1. The second-order valence-corrected chi connectivity index (χ2v) is 8.70. The zero-order valence-electron chi connectivity index (χ0n) is 18.7. The summed E-state index contributed by atoms with van der Waals surface area (Å²) in [5.74, 6) is 1.55. The SMILES string of the molecule is CCNC(=NCC1CCN(Cc2ccccc2Cl)CC1)N1CCC(C(=O)OC)CC1.I. The van der Waals surface area contributed by atoms with Crippen molar-refractivity contribution < 1.29 is 9.53 Å². The molecule has 1 aromatic rings. The topological polar surface area (TPSA) is 57.2 Å². The summed E-state index contributed by atoms with van der Waals surface area (Å²) in [6, 6.07) is 8.12. The van der Waals surface area contributed by atoms with Crippen molar-refractivity contribution in [3.8, 4) is 0 Å². The van der Waals surface area contributed by atoms with Gasteiger partial charge in [-0.3, -0.25) is 14.7 Å². The Morgan fingerprint density at radius 2 is 1.84 bits per heavy atom. The van der Waals surface area contributed by atoms with Crippen LogP contribution >= 0.6 is 35.6 Å². The molecule has 0 amide bonds. The van der Waals surface area contributed by atoms with Crippen LogP contribution in [0.4, 0.5) is 0 Å². The van der Waals surface area contributed by atoms with Crippen LogP contribution in [0, 0.1) is 11.8 Å². The van der Waals surface area contributed by atoms with Crippen LogP contribution in [0.3, 0.4) is 0 Å². The van der Waals surface area contributed by atoms with E-state index >= 15 is 0 Å². The molecule has 3 rings (SSSR count). The first-order valence-electron chi connectivity index (χ1n) is 11.2. The second kappa shape index (κ2) is 13.5. The number of aliphatic imine (C=N–C) groups is 1. The van der Waals surface area contributed by atoms with E-state index in [4.69, 9.17) is 21.3 Å². The van der Waals surface area contributed by atoms with Gasteiger partial charge in [-0.1, -0.05) is 29.8 Å².